The van der Waals surface area contributed by atoms with Gasteiger partial charge in [-0.15, -0.1) is 0 Å². The maximum absolute atomic E-state index is 14.5. The number of carbonyl (C=O) groups is 2. The summed E-state index contributed by atoms with van der Waals surface area (Å²) in [6, 6.07) is 19.6. The summed E-state index contributed by atoms with van der Waals surface area (Å²) in [4.78, 5) is 29.2. The average Bonchev–Trinajstić information content (AvgIpc) is 3.95. The first-order valence-electron chi connectivity index (χ1n) is 18.5. The van der Waals surface area contributed by atoms with Gasteiger partial charge in [0.1, 0.15) is 30.3 Å². The van der Waals surface area contributed by atoms with Crippen molar-refractivity contribution in [3.05, 3.63) is 86.9 Å². The van der Waals surface area contributed by atoms with Crippen molar-refractivity contribution in [2.75, 3.05) is 40.1 Å². The predicted molar refractivity (Wildman–Crippen MR) is 211 cm³/mol. The number of rotatable bonds is 21. The van der Waals surface area contributed by atoms with E-state index in [1.807, 2.05) is 48.2 Å². The zero-order valence-corrected chi connectivity index (χ0v) is 33.6. The van der Waals surface area contributed by atoms with Gasteiger partial charge in [-0.25, -0.2) is 4.79 Å². The third kappa shape index (κ3) is 14.6. The number of carbonyl (C=O) groups excluding carboxylic acids is 2. The van der Waals surface area contributed by atoms with Gasteiger partial charge in [-0.2, -0.15) is 5.26 Å². The number of hydrogen-bond acceptors (Lipinski definition) is 8. The van der Waals surface area contributed by atoms with Crippen molar-refractivity contribution in [3.63, 3.8) is 0 Å². The van der Waals surface area contributed by atoms with Crippen molar-refractivity contribution in [1.82, 2.24) is 10.2 Å². The first-order chi connectivity index (χ1) is 25.8. The van der Waals surface area contributed by atoms with Gasteiger partial charge < -0.3 is 33.9 Å². The number of benzene rings is 3. The standard InChI is InChI=1S/C42H53Cl2N3O7/c1-29-21-37(43)39(38(44)22-29)53-20-19-52-35-14-10-30(11-15-35)24-33(27-46-41(49)54-42(2,3)4)40(48)47(34-12-13-34)28-32-23-31(9-8-17-50-5)25-36(26-32)51-18-7-6-16-45/h10-11,14-15,21-23,25-26,33-34H,6-9,12-13,17-20,24,27-28H2,1-5H3,(H,46,49). The topological polar surface area (TPSA) is 119 Å². The minimum atomic E-state index is -0.675. The number of hydrogen-bond donors (Lipinski definition) is 1. The molecule has 1 unspecified atom stereocenters. The Morgan fingerprint density at radius 2 is 1.56 bits per heavy atom. The molecule has 0 aromatic heterocycles. The molecule has 3 aromatic rings. The fourth-order valence-electron chi connectivity index (χ4n) is 5.92. The Bertz CT molecular complexity index is 1700. The number of unbranched alkanes of at least 4 members (excludes halogenated alkanes) is 1. The van der Waals surface area contributed by atoms with Crippen LogP contribution in [0.2, 0.25) is 10.0 Å². The van der Waals surface area contributed by atoms with Gasteiger partial charge in [0.25, 0.3) is 0 Å². The number of nitriles is 1. The minimum Gasteiger partial charge on any atom is -0.494 e. The van der Waals surface area contributed by atoms with E-state index in [1.54, 1.807) is 40.0 Å². The van der Waals surface area contributed by atoms with Crippen molar-refractivity contribution < 1.29 is 33.3 Å². The summed E-state index contributed by atoms with van der Waals surface area (Å²) >= 11 is 12.6. The molecule has 1 fully saturated rings. The van der Waals surface area contributed by atoms with Crippen LogP contribution in [0.5, 0.6) is 17.2 Å². The van der Waals surface area contributed by atoms with Crippen molar-refractivity contribution in [2.45, 2.75) is 90.8 Å². The lowest BCUT2D eigenvalue weighted by atomic mass is 9.97. The molecule has 1 atom stereocenters. The summed E-state index contributed by atoms with van der Waals surface area (Å²) in [6.45, 7) is 9.44. The molecule has 1 N–H and O–H groups in total. The number of nitrogens with zero attached hydrogens (tertiary/aromatic N) is 2. The molecular formula is C42H53Cl2N3O7. The zero-order valence-electron chi connectivity index (χ0n) is 32.1. The lowest BCUT2D eigenvalue weighted by Crippen LogP contribution is -2.44. The molecule has 3 aromatic carbocycles. The van der Waals surface area contributed by atoms with Crippen LogP contribution in [0, 0.1) is 24.2 Å². The van der Waals surface area contributed by atoms with Crippen molar-refractivity contribution >= 4 is 35.2 Å². The Hall–Kier alpha value is -4.17. The van der Waals surface area contributed by atoms with Gasteiger partial charge in [0, 0.05) is 39.3 Å². The second-order valence-electron chi connectivity index (χ2n) is 14.6. The quantitative estimate of drug-likeness (QED) is 0.107. The Morgan fingerprint density at radius 1 is 0.889 bits per heavy atom. The number of amides is 2. The third-order valence-electron chi connectivity index (χ3n) is 8.55. The number of halogens is 2. The number of aryl methyl sites for hydroxylation is 2. The highest BCUT2D eigenvalue weighted by Crippen LogP contribution is 2.34. The van der Waals surface area contributed by atoms with Crippen LogP contribution in [0.25, 0.3) is 0 Å². The molecule has 1 aliphatic rings. The van der Waals surface area contributed by atoms with Gasteiger partial charge in [-0.1, -0.05) is 41.4 Å². The van der Waals surface area contributed by atoms with Crippen molar-refractivity contribution in [3.8, 4) is 23.3 Å². The molecule has 0 bridgehead atoms. The lowest BCUT2D eigenvalue weighted by Gasteiger charge is -2.29. The number of methoxy groups -OCH3 is 1. The molecular weight excluding hydrogens is 729 g/mol. The van der Waals surface area contributed by atoms with E-state index < -0.39 is 17.6 Å². The zero-order chi connectivity index (χ0) is 39.1. The predicted octanol–water partition coefficient (Wildman–Crippen LogP) is 8.90. The molecule has 0 aliphatic heterocycles. The number of ether oxygens (including phenoxy) is 5. The molecule has 1 aliphatic carbocycles. The largest absolute Gasteiger partial charge is 0.494 e. The highest BCUT2D eigenvalue weighted by Gasteiger charge is 2.36. The highest BCUT2D eigenvalue weighted by atomic mass is 35.5. The van der Waals surface area contributed by atoms with E-state index in [4.69, 9.17) is 52.1 Å². The first kappa shape index (κ1) is 42.6. The molecule has 4 rings (SSSR count). The SMILES string of the molecule is COCCCc1cc(CN(C(=O)C(CNC(=O)OC(C)(C)C)Cc2ccc(OCCOc3c(Cl)cc(C)cc3Cl)cc2)C2CC2)cc(OCCCC#N)c1. The van der Waals surface area contributed by atoms with Crippen molar-refractivity contribution in [1.29, 1.82) is 5.26 Å². The van der Waals surface area contributed by atoms with Crippen LogP contribution in [0.4, 0.5) is 4.79 Å². The van der Waals surface area contributed by atoms with E-state index in [2.05, 4.69) is 17.5 Å². The average molecular weight is 783 g/mol. The van der Waals surface area contributed by atoms with Crippen LogP contribution >= 0.6 is 23.2 Å². The summed E-state index contributed by atoms with van der Waals surface area (Å²) in [6.07, 6.45) is 4.38. The highest BCUT2D eigenvalue weighted by molar-refractivity contribution is 6.37. The van der Waals surface area contributed by atoms with E-state index in [0.29, 0.717) is 60.6 Å². The normalized spacial score (nSPS) is 13.1. The van der Waals surface area contributed by atoms with E-state index in [9.17, 15) is 9.59 Å². The van der Waals surface area contributed by atoms with E-state index >= 15 is 0 Å². The summed E-state index contributed by atoms with van der Waals surface area (Å²) in [5.74, 6) is 1.21. The van der Waals surface area contributed by atoms with E-state index in [-0.39, 0.29) is 31.7 Å². The summed E-state index contributed by atoms with van der Waals surface area (Å²) in [7, 11) is 1.69. The van der Waals surface area contributed by atoms with Gasteiger partial charge in [0.2, 0.25) is 5.91 Å². The summed E-state index contributed by atoms with van der Waals surface area (Å²) in [5, 5.41) is 12.7. The second kappa shape index (κ2) is 21.1. The smallest absolute Gasteiger partial charge is 0.407 e. The van der Waals surface area contributed by atoms with E-state index in [0.717, 1.165) is 53.7 Å². The fourth-order valence-corrected chi connectivity index (χ4v) is 6.62. The Kier molecular flexibility index (Phi) is 16.6. The molecule has 0 spiro atoms. The summed E-state index contributed by atoms with van der Waals surface area (Å²) < 4.78 is 28.5. The van der Waals surface area contributed by atoms with Crippen LogP contribution in [0.1, 0.15) is 75.1 Å². The lowest BCUT2D eigenvalue weighted by molar-refractivity contribution is -0.136. The fraction of sp³-hybridized carbons (Fsp3) is 0.500. The Balaban J connectivity index is 1.47. The number of nitrogens with one attached hydrogen (secondary N) is 1. The van der Waals surface area contributed by atoms with E-state index in [1.165, 1.54) is 0 Å². The van der Waals surface area contributed by atoms with Gasteiger partial charge in [0.05, 0.1) is 28.6 Å². The first-order valence-corrected chi connectivity index (χ1v) is 19.3. The molecule has 10 nitrogen and oxygen atoms in total. The Labute approximate surface area is 329 Å². The van der Waals surface area contributed by atoms with Crippen LogP contribution < -0.4 is 19.5 Å². The van der Waals surface area contributed by atoms with Gasteiger partial charge in [0.15, 0.2) is 5.75 Å². The van der Waals surface area contributed by atoms with Crippen molar-refractivity contribution in [2.24, 2.45) is 5.92 Å². The minimum absolute atomic E-state index is 0.0410. The molecule has 0 radical (unpaired) electrons. The third-order valence-corrected chi connectivity index (χ3v) is 9.11. The van der Waals surface area contributed by atoms with Gasteiger partial charge in [-0.3, -0.25) is 4.79 Å². The van der Waals surface area contributed by atoms with Gasteiger partial charge >= 0.3 is 6.09 Å². The molecule has 292 valence electrons. The molecule has 54 heavy (non-hydrogen) atoms. The van der Waals surface area contributed by atoms with Crippen LogP contribution in [0.15, 0.2) is 54.6 Å². The molecule has 1 saturated carbocycles. The van der Waals surface area contributed by atoms with Crippen LogP contribution in [0.3, 0.4) is 0 Å². The number of alkyl carbamates (subject to hydrolysis) is 1. The van der Waals surface area contributed by atoms with Crippen LogP contribution in [-0.4, -0.2) is 68.6 Å². The monoisotopic (exact) mass is 781 g/mol. The van der Waals surface area contributed by atoms with Gasteiger partial charge in [-0.05, 0) is 125 Å². The molecule has 2 amide bonds. The maximum atomic E-state index is 14.5. The maximum Gasteiger partial charge on any atom is 0.407 e. The summed E-state index contributed by atoms with van der Waals surface area (Å²) in [5.41, 5.74) is 3.26. The molecule has 0 saturated heterocycles. The molecule has 12 heteroatoms. The second-order valence-corrected chi connectivity index (χ2v) is 15.4. The Morgan fingerprint density at radius 3 is 2.20 bits per heavy atom. The molecule has 0 heterocycles. The van der Waals surface area contributed by atoms with Crippen LogP contribution in [-0.2, 0) is 33.7 Å².